The summed E-state index contributed by atoms with van der Waals surface area (Å²) < 4.78 is 1.00. The maximum atomic E-state index is 2.12. The zero-order valence-electron chi connectivity index (χ0n) is 5.83. The molecule has 0 spiro atoms. The molecule has 0 radical (unpaired) electrons. The van der Waals surface area contributed by atoms with Crippen molar-refractivity contribution in [2.45, 2.75) is 0 Å². The molecule has 0 aliphatic heterocycles. The van der Waals surface area contributed by atoms with Crippen molar-refractivity contribution in [2.75, 3.05) is 28.2 Å². The second kappa shape index (κ2) is 5.42. The van der Waals surface area contributed by atoms with Gasteiger partial charge in [-0.05, 0) is 0 Å². The molecule has 0 bridgehead atoms. The summed E-state index contributed by atoms with van der Waals surface area (Å²) in [6, 6.07) is 0. The number of halogens is 1. The average Bonchev–Trinajstić information content (AvgIpc) is 0.722. The molecule has 0 aromatic heterocycles. The van der Waals surface area contributed by atoms with Gasteiger partial charge in [-0.1, -0.05) is 0 Å². The van der Waals surface area contributed by atoms with Gasteiger partial charge in [-0.2, -0.15) is 0 Å². The Balaban J connectivity index is -0.0000000800. The van der Waals surface area contributed by atoms with Crippen LogP contribution in [-0.4, -0.2) is 32.7 Å². The molecule has 0 N–H and O–H groups in total. The zero-order valence-corrected chi connectivity index (χ0v) is 7.98. The summed E-state index contributed by atoms with van der Waals surface area (Å²) in [4.78, 5) is 0. The maximum absolute atomic E-state index is 2.12. The molecule has 3 heteroatoms. The molecular formula is C4H12ILiN+. The summed E-state index contributed by atoms with van der Waals surface area (Å²) in [5, 5.41) is 0. The van der Waals surface area contributed by atoms with Gasteiger partial charge in [0.1, 0.15) is 0 Å². The van der Waals surface area contributed by atoms with Gasteiger partial charge in [0.2, 0.25) is 0 Å². The second-order valence-corrected chi connectivity index (χ2v) is 2.68. The van der Waals surface area contributed by atoms with Crippen LogP contribution in [-0.2, 0) is 0 Å². The van der Waals surface area contributed by atoms with Gasteiger partial charge in [-0.25, -0.2) is 0 Å². The van der Waals surface area contributed by atoms with Crippen LogP contribution in [0.5, 0.6) is 0 Å². The third-order valence-electron chi connectivity index (χ3n) is 0. The van der Waals surface area contributed by atoms with Gasteiger partial charge >= 0.3 is 18.9 Å². The van der Waals surface area contributed by atoms with Gasteiger partial charge < -0.3 is 28.5 Å². The fourth-order valence-corrected chi connectivity index (χ4v) is 0. The van der Waals surface area contributed by atoms with Crippen molar-refractivity contribution in [1.29, 1.82) is 0 Å². The molecule has 1 nitrogen and oxygen atoms in total. The molecule has 0 aliphatic rings. The van der Waals surface area contributed by atoms with Crippen LogP contribution in [0.1, 0.15) is 0 Å². The largest absolute Gasteiger partial charge is 1.00 e. The third-order valence-corrected chi connectivity index (χ3v) is 0. The summed E-state index contributed by atoms with van der Waals surface area (Å²) in [5.41, 5.74) is 0. The summed E-state index contributed by atoms with van der Waals surface area (Å²) >= 11 is 0. The van der Waals surface area contributed by atoms with Crippen molar-refractivity contribution in [2.24, 2.45) is 0 Å². The minimum absolute atomic E-state index is 0. The van der Waals surface area contributed by atoms with E-state index in [1.807, 2.05) is 0 Å². The molecule has 0 fully saturated rings. The van der Waals surface area contributed by atoms with E-state index in [1.165, 1.54) is 0 Å². The van der Waals surface area contributed by atoms with Gasteiger partial charge in [-0.3, -0.25) is 0 Å². The molecular weight excluding hydrogens is 196 g/mol. The second-order valence-electron chi connectivity index (χ2n) is 2.68. The molecule has 0 unspecified atom stereocenters. The van der Waals surface area contributed by atoms with Crippen LogP contribution in [0.15, 0.2) is 0 Å². The maximum Gasteiger partial charge on any atom is 1.00 e. The monoisotopic (exact) mass is 208 g/mol. The van der Waals surface area contributed by atoms with Gasteiger partial charge in [-0.15, -0.1) is 0 Å². The molecule has 0 aliphatic carbocycles. The van der Waals surface area contributed by atoms with Gasteiger partial charge in [0.25, 0.3) is 0 Å². The summed E-state index contributed by atoms with van der Waals surface area (Å²) in [6.45, 7) is 0. The molecule has 0 saturated carbocycles. The first kappa shape index (κ1) is 15.7. The van der Waals surface area contributed by atoms with E-state index in [-0.39, 0.29) is 42.8 Å². The average molecular weight is 208 g/mol. The first-order chi connectivity index (χ1) is 2.00. The number of hydrogen-bond acceptors (Lipinski definition) is 0. The third kappa shape index (κ3) is 123. The molecule has 40 valence electrons. The minimum atomic E-state index is 0. The Labute approximate surface area is 75.2 Å². The number of rotatable bonds is 0. The smallest absolute Gasteiger partial charge is 1.00 e. The Morgan fingerprint density at radius 2 is 0.857 bits per heavy atom. The molecule has 0 saturated heterocycles. The standard InChI is InChI=1S/C4H12N.HI.Li/c1-5(2,3)4;;/h1-4H3;1H;/q+1;;+1/p-1. The Bertz CT molecular complexity index is 27.2. The summed E-state index contributed by atoms with van der Waals surface area (Å²) in [7, 11) is 8.50. The molecule has 0 atom stereocenters. The molecule has 0 aromatic carbocycles. The van der Waals surface area contributed by atoms with Crippen molar-refractivity contribution in [1.82, 2.24) is 0 Å². The molecule has 0 aromatic rings. The van der Waals surface area contributed by atoms with Crippen LogP contribution in [0.2, 0.25) is 0 Å². The van der Waals surface area contributed by atoms with Crippen LogP contribution in [0.25, 0.3) is 0 Å². The van der Waals surface area contributed by atoms with Crippen LogP contribution >= 0.6 is 0 Å². The van der Waals surface area contributed by atoms with Crippen LogP contribution < -0.4 is 42.8 Å². The van der Waals surface area contributed by atoms with Crippen LogP contribution in [0.4, 0.5) is 0 Å². The summed E-state index contributed by atoms with van der Waals surface area (Å²) in [6.07, 6.45) is 0. The van der Waals surface area contributed by atoms with E-state index in [4.69, 9.17) is 0 Å². The van der Waals surface area contributed by atoms with E-state index in [1.54, 1.807) is 0 Å². The van der Waals surface area contributed by atoms with E-state index >= 15 is 0 Å². The predicted octanol–water partition coefficient (Wildman–Crippen LogP) is -5.67. The Kier molecular flexibility index (Phi) is 12.2. The zero-order chi connectivity index (χ0) is 4.50. The molecule has 0 heterocycles. The van der Waals surface area contributed by atoms with E-state index in [0.29, 0.717) is 0 Å². The van der Waals surface area contributed by atoms with Crippen molar-refractivity contribution < 1.29 is 47.3 Å². The van der Waals surface area contributed by atoms with Crippen LogP contribution in [0, 0.1) is 0 Å². The van der Waals surface area contributed by atoms with E-state index < -0.39 is 0 Å². The fourth-order valence-electron chi connectivity index (χ4n) is 0. The SMILES string of the molecule is C[N+](C)(C)C.[I-].[Li+]. The normalized spacial score (nSPS) is 8.57. The first-order valence-electron chi connectivity index (χ1n) is 1.79. The molecule has 0 rings (SSSR count). The fraction of sp³-hybridized carbons (Fsp3) is 1.00. The number of quaternary nitrogens is 1. The topological polar surface area (TPSA) is 0 Å². The van der Waals surface area contributed by atoms with Gasteiger partial charge in [0.15, 0.2) is 0 Å². The number of hydrogen-bond donors (Lipinski definition) is 0. The minimum Gasteiger partial charge on any atom is -1.00 e. The molecule has 0 amide bonds. The van der Waals surface area contributed by atoms with Crippen molar-refractivity contribution in [3.8, 4) is 0 Å². The van der Waals surface area contributed by atoms with Gasteiger partial charge in [0.05, 0.1) is 28.2 Å². The number of nitrogens with zero attached hydrogens (tertiary/aromatic N) is 1. The van der Waals surface area contributed by atoms with Gasteiger partial charge in [0, 0.05) is 0 Å². The first-order valence-corrected chi connectivity index (χ1v) is 1.79. The Morgan fingerprint density at radius 1 is 0.857 bits per heavy atom. The quantitative estimate of drug-likeness (QED) is 0.211. The van der Waals surface area contributed by atoms with Crippen molar-refractivity contribution in [3.05, 3.63) is 0 Å². The molecule has 7 heavy (non-hydrogen) atoms. The van der Waals surface area contributed by atoms with Crippen LogP contribution in [0.3, 0.4) is 0 Å². The Morgan fingerprint density at radius 3 is 0.857 bits per heavy atom. The summed E-state index contributed by atoms with van der Waals surface area (Å²) in [5.74, 6) is 0. The van der Waals surface area contributed by atoms with E-state index in [2.05, 4.69) is 28.2 Å². The Hall–Kier alpha value is 1.29. The predicted molar refractivity (Wildman–Crippen MR) is 24.0 cm³/mol. The van der Waals surface area contributed by atoms with E-state index in [9.17, 15) is 0 Å². The van der Waals surface area contributed by atoms with Crippen molar-refractivity contribution >= 4 is 0 Å². The van der Waals surface area contributed by atoms with E-state index in [0.717, 1.165) is 4.48 Å². The van der Waals surface area contributed by atoms with Crippen molar-refractivity contribution in [3.63, 3.8) is 0 Å².